The molecule has 1 aliphatic heterocycles. The van der Waals surface area contributed by atoms with Gasteiger partial charge in [-0.2, -0.15) is 0 Å². The number of ketones is 1. The summed E-state index contributed by atoms with van der Waals surface area (Å²) in [4.78, 5) is 65.2. The van der Waals surface area contributed by atoms with Crippen LogP contribution in [0, 0.1) is 17.3 Å². The molecule has 41 heavy (non-hydrogen) atoms. The van der Waals surface area contributed by atoms with Crippen molar-refractivity contribution in [2.75, 3.05) is 37.7 Å². The van der Waals surface area contributed by atoms with Gasteiger partial charge in [-0.15, -0.1) is 6.58 Å². The summed E-state index contributed by atoms with van der Waals surface area (Å²) in [6.45, 7) is 13.0. The van der Waals surface area contributed by atoms with E-state index in [0.717, 1.165) is 12.0 Å². The highest BCUT2D eigenvalue weighted by molar-refractivity contribution is 7.91. The molecule has 1 aliphatic carbocycles. The number of hydrogen-bond donors (Lipinski definition) is 4. The average Bonchev–Trinajstić information content (AvgIpc) is 3.23. The lowest BCUT2D eigenvalue weighted by atomic mass is 9.60. The molecule has 0 spiro atoms. The Labute approximate surface area is 243 Å². The molecule has 12 nitrogen and oxygen atoms in total. The van der Waals surface area contributed by atoms with Crippen LogP contribution in [-0.4, -0.2) is 86.6 Å². The van der Waals surface area contributed by atoms with E-state index in [0.29, 0.717) is 12.8 Å². The largest absolute Gasteiger partial charge is 0.346 e. The van der Waals surface area contributed by atoms with E-state index in [9.17, 15) is 32.4 Å². The third kappa shape index (κ3) is 9.40. The van der Waals surface area contributed by atoms with Gasteiger partial charge in [-0.25, -0.2) is 13.2 Å². The van der Waals surface area contributed by atoms with Crippen LogP contribution in [0.3, 0.4) is 0 Å². The average molecular weight is 596 g/mol. The second-order valence-electron chi connectivity index (χ2n) is 11.7. The van der Waals surface area contributed by atoms with E-state index in [2.05, 4.69) is 27.8 Å². The number of carbonyl (C=O) groups is 5. The Morgan fingerprint density at radius 1 is 1.07 bits per heavy atom. The summed E-state index contributed by atoms with van der Waals surface area (Å²) in [5.41, 5.74) is 0.623. The van der Waals surface area contributed by atoms with E-state index < -0.39 is 52.0 Å². The van der Waals surface area contributed by atoms with Gasteiger partial charge in [-0.1, -0.05) is 47.1 Å². The monoisotopic (exact) mass is 595 g/mol. The first-order valence-electron chi connectivity index (χ1n) is 14.1. The van der Waals surface area contributed by atoms with E-state index in [1.165, 1.54) is 11.0 Å². The minimum Gasteiger partial charge on any atom is -0.346 e. The Balaban J connectivity index is 2.05. The minimum absolute atomic E-state index is 0.0178. The number of nitrogens with zero attached hydrogens (tertiary/aromatic N) is 1. The number of nitrogens with one attached hydrogen (secondary N) is 4. The molecule has 0 radical (unpaired) electrons. The summed E-state index contributed by atoms with van der Waals surface area (Å²) < 4.78 is 24.2. The van der Waals surface area contributed by atoms with E-state index >= 15 is 0 Å². The molecule has 2 unspecified atom stereocenters. The van der Waals surface area contributed by atoms with Gasteiger partial charge in [-0.05, 0) is 36.2 Å². The van der Waals surface area contributed by atoms with Crippen LogP contribution in [0.15, 0.2) is 23.9 Å². The lowest BCUT2D eigenvalue weighted by Crippen LogP contribution is -2.50. The zero-order valence-electron chi connectivity index (χ0n) is 24.8. The highest BCUT2D eigenvalue weighted by atomic mass is 32.2. The Bertz CT molecular complexity index is 1180. The van der Waals surface area contributed by atoms with Gasteiger partial charge < -0.3 is 26.2 Å². The van der Waals surface area contributed by atoms with Crippen molar-refractivity contribution in [3.05, 3.63) is 23.9 Å². The maximum Gasteiger partial charge on any atom is 0.315 e. The van der Waals surface area contributed by atoms with Crippen molar-refractivity contribution >= 4 is 39.4 Å². The van der Waals surface area contributed by atoms with Gasteiger partial charge in [0.15, 0.2) is 9.84 Å². The quantitative estimate of drug-likeness (QED) is 0.153. The molecule has 230 valence electrons. The second-order valence-corrected chi connectivity index (χ2v) is 14.0. The number of urea groups is 1. The van der Waals surface area contributed by atoms with Crippen LogP contribution in [0.4, 0.5) is 4.79 Å². The maximum atomic E-state index is 13.5. The molecule has 1 fully saturated rings. The SMILES string of the molecule is C=CCNC(=O)C(=O)C(CCC)NC(=O)C1=C2C(CN1C(=O)CNC(=O)NCCS(=O)(=O)CCC(C)C)CC2(C)C. The topological polar surface area (TPSA) is 171 Å². The minimum atomic E-state index is -3.30. The van der Waals surface area contributed by atoms with Gasteiger partial charge in [-0.3, -0.25) is 19.2 Å². The summed E-state index contributed by atoms with van der Waals surface area (Å²) in [5.74, 6) is -2.68. The predicted octanol–water partition coefficient (Wildman–Crippen LogP) is 1.05. The van der Waals surface area contributed by atoms with Gasteiger partial charge in [0.25, 0.3) is 11.8 Å². The fraction of sp³-hybridized carbons (Fsp3) is 0.679. The summed E-state index contributed by atoms with van der Waals surface area (Å²) >= 11 is 0. The Kier molecular flexibility index (Phi) is 12.1. The molecule has 0 aromatic heterocycles. The Morgan fingerprint density at radius 2 is 1.76 bits per heavy atom. The van der Waals surface area contributed by atoms with Crippen LogP contribution in [-0.2, 0) is 29.0 Å². The highest BCUT2D eigenvalue weighted by Gasteiger charge is 2.52. The van der Waals surface area contributed by atoms with Gasteiger partial charge in [0.05, 0.1) is 24.1 Å². The van der Waals surface area contributed by atoms with Crippen molar-refractivity contribution in [3.63, 3.8) is 0 Å². The number of Topliss-reactive ketones (excluding diaryl/α,β-unsaturated/α-hetero) is 1. The summed E-state index contributed by atoms with van der Waals surface area (Å²) in [5, 5.41) is 9.98. The zero-order valence-corrected chi connectivity index (χ0v) is 25.6. The summed E-state index contributed by atoms with van der Waals surface area (Å²) in [6, 6.07) is -1.76. The standard InChI is InChI=1S/C28H45N5O7S/c1-7-9-20(24(35)26(37)29-11-8-2)32-25(36)23-22-19(15-28(22,5)6)17-33(23)21(34)16-31-27(38)30-12-14-41(39,40)13-10-18(3)4/h8,18-20H,2,7,9-17H2,1,3-6H3,(H,29,37)(H,32,36)(H2,30,31,38). The predicted molar refractivity (Wildman–Crippen MR) is 155 cm³/mol. The molecule has 2 atom stereocenters. The molecule has 0 aromatic carbocycles. The number of carbonyl (C=O) groups excluding carboxylic acids is 5. The first-order valence-corrected chi connectivity index (χ1v) is 16.0. The van der Waals surface area contributed by atoms with Crippen molar-refractivity contribution in [3.8, 4) is 0 Å². The number of sulfone groups is 1. The van der Waals surface area contributed by atoms with Crippen molar-refractivity contribution in [1.29, 1.82) is 0 Å². The fourth-order valence-electron chi connectivity index (χ4n) is 5.19. The molecule has 4 N–H and O–H groups in total. The molecule has 2 aliphatic rings. The Hall–Kier alpha value is -3.22. The van der Waals surface area contributed by atoms with Gasteiger partial charge in [0, 0.05) is 25.6 Å². The normalized spacial score (nSPS) is 18.2. The number of hydrogen-bond acceptors (Lipinski definition) is 7. The maximum absolute atomic E-state index is 13.5. The number of fused-ring (bicyclic) bond motifs is 1. The molecule has 0 bridgehead atoms. The van der Waals surface area contributed by atoms with Crippen LogP contribution < -0.4 is 21.3 Å². The van der Waals surface area contributed by atoms with Crippen LogP contribution in [0.2, 0.25) is 0 Å². The highest BCUT2D eigenvalue weighted by Crippen LogP contribution is 2.55. The van der Waals surface area contributed by atoms with E-state index in [1.807, 2.05) is 34.6 Å². The molecule has 1 heterocycles. The van der Waals surface area contributed by atoms with Gasteiger partial charge in [0.1, 0.15) is 5.70 Å². The van der Waals surface area contributed by atoms with E-state index in [1.54, 1.807) is 0 Å². The van der Waals surface area contributed by atoms with Crippen molar-refractivity contribution in [1.82, 2.24) is 26.2 Å². The molecule has 0 aromatic rings. The molecular formula is C28H45N5O7S. The third-order valence-corrected chi connectivity index (χ3v) is 8.96. The number of rotatable bonds is 16. The molecule has 2 rings (SSSR count). The Morgan fingerprint density at radius 3 is 2.34 bits per heavy atom. The van der Waals surface area contributed by atoms with Crippen LogP contribution >= 0.6 is 0 Å². The van der Waals surface area contributed by atoms with Gasteiger partial charge >= 0.3 is 6.03 Å². The van der Waals surface area contributed by atoms with Crippen molar-refractivity contribution in [2.45, 2.75) is 66.3 Å². The van der Waals surface area contributed by atoms with Crippen molar-refractivity contribution < 1.29 is 32.4 Å². The van der Waals surface area contributed by atoms with E-state index in [4.69, 9.17) is 0 Å². The number of amides is 5. The first-order chi connectivity index (χ1) is 19.1. The second kappa shape index (κ2) is 14.6. The lowest BCUT2D eigenvalue weighted by Gasteiger charge is -2.43. The molecular weight excluding hydrogens is 550 g/mol. The fourth-order valence-corrected chi connectivity index (χ4v) is 6.64. The smallest absolute Gasteiger partial charge is 0.315 e. The third-order valence-electron chi connectivity index (χ3n) is 7.27. The lowest BCUT2D eigenvalue weighted by molar-refractivity contribution is -0.140. The van der Waals surface area contributed by atoms with Crippen LogP contribution in [0.1, 0.15) is 60.3 Å². The van der Waals surface area contributed by atoms with Crippen LogP contribution in [0.25, 0.3) is 0 Å². The van der Waals surface area contributed by atoms with Crippen molar-refractivity contribution in [2.24, 2.45) is 17.3 Å². The molecule has 0 saturated heterocycles. The van der Waals surface area contributed by atoms with E-state index in [-0.39, 0.29) is 60.5 Å². The summed E-state index contributed by atoms with van der Waals surface area (Å²) in [7, 11) is -3.30. The van der Waals surface area contributed by atoms with Crippen LogP contribution in [0.5, 0.6) is 0 Å². The zero-order chi connectivity index (χ0) is 31.0. The molecule has 13 heteroatoms. The van der Waals surface area contributed by atoms with Gasteiger partial charge in [0.2, 0.25) is 11.7 Å². The molecule has 1 saturated carbocycles. The first kappa shape index (κ1) is 34.0. The molecule has 5 amide bonds. The summed E-state index contributed by atoms with van der Waals surface area (Å²) in [6.07, 6.45) is 3.52.